The number of benzene rings is 1. The SMILES string of the molecule is CC(=O)c1ccccc1OCCNC1(C)CCNC1. The van der Waals surface area contributed by atoms with Gasteiger partial charge >= 0.3 is 0 Å². The Kier molecular flexibility index (Phi) is 4.56. The molecule has 1 aliphatic heterocycles. The zero-order valence-electron chi connectivity index (χ0n) is 11.7. The van der Waals surface area contributed by atoms with E-state index in [0.29, 0.717) is 17.9 Å². The first-order valence-corrected chi connectivity index (χ1v) is 6.79. The van der Waals surface area contributed by atoms with Gasteiger partial charge in [0.25, 0.3) is 0 Å². The smallest absolute Gasteiger partial charge is 0.163 e. The zero-order valence-corrected chi connectivity index (χ0v) is 11.7. The Labute approximate surface area is 114 Å². The molecule has 0 amide bonds. The topological polar surface area (TPSA) is 50.4 Å². The van der Waals surface area contributed by atoms with Crippen molar-refractivity contribution < 1.29 is 9.53 Å². The second kappa shape index (κ2) is 6.17. The van der Waals surface area contributed by atoms with E-state index in [1.54, 1.807) is 13.0 Å². The number of carbonyl (C=O) groups is 1. The monoisotopic (exact) mass is 262 g/mol. The molecule has 0 aromatic heterocycles. The molecule has 1 aliphatic rings. The van der Waals surface area contributed by atoms with E-state index in [1.807, 2.05) is 18.2 Å². The zero-order chi connectivity index (χ0) is 13.7. The number of Topliss-reactive ketones (excluding diaryl/α,β-unsaturated/α-hetero) is 1. The van der Waals surface area contributed by atoms with Crippen molar-refractivity contribution in [3.05, 3.63) is 29.8 Å². The third-order valence-corrected chi connectivity index (χ3v) is 3.55. The molecule has 0 bridgehead atoms. The number of nitrogens with one attached hydrogen (secondary N) is 2. The fourth-order valence-electron chi connectivity index (χ4n) is 2.36. The highest BCUT2D eigenvalue weighted by Crippen LogP contribution is 2.18. The van der Waals surface area contributed by atoms with Crippen LogP contribution in [0.2, 0.25) is 0 Å². The van der Waals surface area contributed by atoms with Crippen molar-refractivity contribution in [3.63, 3.8) is 0 Å². The lowest BCUT2D eigenvalue weighted by atomic mass is 10.0. The fraction of sp³-hybridized carbons (Fsp3) is 0.533. The second-order valence-electron chi connectivity index (χ2n) is 5.32. The fourth-order valence-corrected chi connectivity index (χ4v) is 2.36. The van der Waals surface area contributed by atoms with Gasteiger partial charge in [0.15, 0.2) is 5.78 Å². The van der Waals surface area contributed by atoms with Crippen LogP contribution in [-0.2, 0) is 0 Å². The van der Waals surface area contributed by atoms with Gasteiger partial charge in [-0.3, -0.25) is 4.79 Å². The summed E-state index contributed by atoms with van der Waals surface area (Å²) in [5, 5.41) is 6.85. The highest BCUT2D eigenvalue weighted by Gasteiger charge is 2.27. The van der Waals surface area contributed by atoms with Crippen LogP contribution in [0.1, 0.15) is 30.6 Å². The van der Waals surface area contributed by atoms with Crippen molar-refractivity contribution in [3.8, 4) is 5.75 Å². The minimum Gasteiger partial charge on any atom is -0.492 e. The lowest BCUT2D eigenvalue weighted by molar-refractivity contribution is 0.101. The van der Waals surface area contributed by atoms with Gasteiger partial charge in [0.1, 0.15) is 12.4 Å². The Morgan fingerprint density at radius 1 is 1.47 bits per heavy atom. The van der Waals surface area contributed by atoms with Gasteiger partial charge in [-0.15, -0.1) is 0 Å². The molecule has 0 saturated carbocycles. The second-order valence-corrected chi connectivity index (χ2v) is 5.32. The maximum absolute atomic E-state index is 11.5. The Hall–Kier alpha value is -1.39. The first-order valence-electron chi connectivity index (χ1n) is 6.79. The van der Waals surface area contributed by atoms with Gasteiger partial charge in [0.05, 0.1) is 5.56 Å². The van der Waals surface area contributed by atoms with Crippen LogP contribution in [0.4, 0.5) is 0 Å². The van der Waals surface area contributed by atoms with E-state index < -0.39 is 0 Å². The molecule has 0 aliphatic carbocycles. The van der Waals surface area contributed by atoms with Crippen molar-refractivity contribution in [1.82, 2.24) is 10.6 Å². The highest BCUT2D eigenvalue weighted by molar-refractivity contribution is 5.96. The maximum atomic E-state index is 11.5. The molecule has 0 spiro atoms. The normalized spacial score (nSPS) is 22.4. The molecular weight excluding hydrogens is 240 g/mol. The quantitative estimate of drug-likeness (QED) is 0.604. The Balaban J connectivity index is 1.81. The van der Waals surface area contributed by atoms with Crippen LogP contribution in [0.5, 0.6) is 5.75 Å². The van der Waals surface area contributed by atoms with Crippen LogP contribution in [0.15, 0.2) is 24.3 Å². The summed E-state index contributed by atoms with van der Waals surface area (Å²) in [6.07, 6.45) is 1.14. The molecule has 4 nitrogen and oxygen atoms in total. The van der Waals surface area contributed by atoms with Gasteiger partial charge < -0.3 is 15.4 Å². The Bertz CT molecular complexity index is 440. The van der Waals surface area contributed by atoms with E-state index in [0.717, 1.165) is 26.1 Å². The number of hydrogen-bond donors (Lipinski definition) is 2. The minimum atomic E-state index is 0.0375. The van der Waals surface area contributed by atoms with Gasteiger partial charge in [-0.1, -0.05) is 12.1 Å². The molecule has 1 atom stereocenters. The molecule has 4 heteroatoms. The number of rotatable bonds is 6. The molecule has 19 heavy (non-hydrogen) atoms. The van der Waals surface area contributed by atoms with Crippen LogP contribution in [0.3, 0.4) is 0 Å². The lowest BCUT2D eigenvalue weighted by Crippen LogP contribution is -2.45. The molecule has 1 aromatic rings. The van der Waals surface area contributed by atoms with Crippen molar-refractivity contribution in [2.24, 2.45) is 0 Å². The summed E-state index contributed by atoms with van der Waals surface area (Å²) in [7, 11) is 0. The number of hydrogen-bond acceptors (Lipinski definition) is 4. The predicted molar refractivity (Wildman–Crippen MR) is 75.8 cm³/mol. The van der Waals surface area contributed by atoms with Crippen molar-refractivity contribution in [2.45, 2.75) is 25.8 Å². The van der Waals surface area contributed by atoms with Gasteiger partial charge in [-0.05, 0) is 38.9 Å². The third-order valence-electron chi connectivity index (χ3n) is 3.55. The average Bonchev–Trinajstić information content (AvgIpc) is 2.82. The number of ether oxygens (including phenoxy) is 1. The van der Waals surface area contributed by atoms with Gasteiger partial charge in [-0.25, -0.2) is 0 Å². The Morgan fingerprint density at radius 2 is 2.26 bits per heavy atom. The van der Waals surface area contributed by atoms with Gasteiger partial charge in [0, 0.05) is 18.6 Å². The largest absolute Gasteiger partial charge is 0.492 e. The van der Waals surface area contributed by atoms with Crippen LogP contribution in [0, 0.1) is 0 Å². The van der Waals surface area contributed by atoms with Crippen LogP contribution >= 0.6 is 0 Å². The summed E-state index contributed by atoms with van der Waals surface area (Å²) in [4.78, 5) is 11.5. The average molecular weight is 262 g/mol. The predicted octanol–water partition coefficient (Wildman–Crippen LogP) is 1.61. The van der Waals surface area contributed by atoms with Crippen LogP contribution < -0.4 is 15.4 Å². The summed E-state index contributed by atoms with van der Waals surface area (Å²) in [6.45, 7) is 7.20. The summed E-state index contributed by atoms with van der Waals surface area (Å²) in [6, 6.07) is 7.38. The molecule has 2 N–H and O–H groups in total. The first kappa shape index (κ1) is 14.0. The van der Waals surface area contributed by atoms with E-state index >= 15 is 0 Å². The van der Waals surface area contributed by atoms with E-state index in [2.05, 4.69) is 17.6 Å². The maximum Gasteiger partial charge on any atom is 0.163 e. The standard InChI is InChI=1S/C15H22N2O2/c1-12(18)13-5-3-4-6-14(13)19-10-9-17-15(2)7-8-16-11-15/h3-6,16-17H,7-11H2,1-2H3. The molecular formula is C15H22N2O2. The van der Waals surface area contributed by atoms with Crippen LogP contribution in [-0.4, -0.2) is 37.6 Å². The number of para-hydroxylation sites is 1. The number of carbonyl (C=O) groups excluding carboxylic acids is 1. The summed E-state index contributed by atoms with van der Waals surface area (Å²) in [5.41, 5.74) is 0.819. The molecule has 1 fully saturated rings. The van der Waals surface area contributed by atoms with E-state index in [9.17, 15) is 4.79 Å². The van der Waals surface area contributed by atoms with Crippen molar-refractivity contribution in [1.29, 1.82) is 0 Å². The molecule has 1 aromatic carbocycles. The lowest BCUT2D eigenvalue weighted by Gasteiger charge is -2.24. The molecule has 1 unspecified atom stereocenters. The minimum absolute atomic E-state index is 0.0375. The third kappa shape index (κ3) is 3.78. The summed E-state index contributed by atoms with van der Waals surface area (Å²) >= 11 is 0. The first-order chi connectivity index (χ1) is 9.11. The van der Waals surface area contributed by atoms with Crippen LogP contribution in [0.25, 0.3) is 0 Å². The van der Waals surface area contributed by atoms with Gasteiger partial charge in [-0.2, -0.15) is 0 Å². The van der Waals surface area contributed by atoms with Crippen molar-refractivity contribution >= 4 is 5.78 Å². The molecule has 2 rings (SSSR count). The van der Waals surface area contributed by atoms with Gasteiger partial charge in [0.2, 0.25) is 0 Å². The molecule has 0 radical (unpaired) electrons. The summed E-state index contributed by atoms with van der Waals surface area (Å²) in [5.74, 6) is 0.710. The van der Waals surface area contributed by atoms with Crippen molar-refractivity contribution in [2.75, 3.05) is 26.2 Å². The highest BCUT2D eigenvalue weighted by atomic mass is 16.5. The van der Waals surface area contributed by atoms with E-state index in [-0.39, 0.29) is 11.3 Å². The Morgan fingerprint density at radius 3 is 2.95 bits per heavy atom. The summed E-state index contributed by atoms with van der Waals surface area (Å²) < 4.78 is 5.70. The molecule has 104 valence electrons. The molecule has 1 heterocycles. The number of ketones is 1. The van der Waals surface area contributed by atoms with E-state index in [4.69, 9.17) is 4.74 Å². The van der Waals surface area contributed by atoms with E-state index in [1.165, 1.54) is 0 Å². The molecule has 1 saturated heterocycles.